The third-order valence-corrected chi connectivity index (χ3v) is 11.3. The molecule has 6 aromatic heterocycles. The van der Waals surface area contributed by atoms with Crippen molar-refractivity contribution in [2.45, 2.75) is 0 Å². The van der Waals surface area contributed by atoms with Crippen molar-refractivity contribution in [3.05, 3.63) is 44.8 Å². The zero-order valence-electron chi connectivity index (χ0n) is 12.7. The summed E-state index contributed by atoms with van der Waals surface area (Å²) >= 11 is 9.63. The molecule has 2 nitrogen and oxygen atoms in total. The Bertz CT molecular complexity index is 1360. The van der Waals surface area contributed by atoms with Crippen LogP contribution in [0.25, 0.3) is 37.6 Å². The van der Waals surface area contributed by atoms with Crippen LogP contribution in [0, 0.1) is 0 Å². The van der Waals surface area contributed by atoms with E-state index in [2.05, 4.69) is 22.9 Å². The van der Waals surface area contributed by atoms with Crippen molar-refractivity contribution in [1.82, 2.24) is 0 Å². The first-order valence-corrected chi connectivity index (χ1v) is 12.6. The lowest BCUT2D eigenvalue weighted by molar-refractivity contribution is 0.0822. The van der Waals surface area contributed by atoms with Crippen LogP contribution in [-0.2, 0) is 0 Å². The second-order valence-electron chi connectivity index (χ2n) is 5.70. The molecule has 0 unspecified atom stereocenters. The van der Waals surface area contributed by atoms with Crippen molar-refractivity contribution in [3.63, 3.8) is 0 Å². The molecule has 6 rings (SSSR count). The molecule has 6 heterocycles. The van der Waals surface area contributed by atoms with Crippen LogP contribution >= 0.6 is 68.0 Å². The van der Waals surface area contributed by atoms with Crippen molar-refractivity contribution in [2.24, 2.45) is 0 Å². The Balaban J connectivity index is 1.42. The molecule has 0 fully saturated rings. The molecule has 126 valence electrons. The Kier molecular flexibility index (Phi) is 3.33. The van der Waals surface area contributed by atoms with E-state index < -0.39 is 0 Å². The zero-order chi connectivity index (χ0) is 17.4. The largest absolute Gasteiger partial charge is 0.284 e. The molecule has 0 atom stereocenters. The molecule has 0 aliphatic heterocycles. The second kappa shape index (κ2) is 5.54. The highest BCUT2D eigenvalue weighted by Gasteiger charge is 2.25. The molecule has 26 heavy (non-hydrogen) atoms. The normalized spacial score (nSPS) is 12.2. The van der Waals surface area contributed by atoms with Gasteiger partial charge in [0, 0.05) is 18.8 Å². The van der Waals surface area contributed by atoms with Gasteiger partial charge in [-0.1, -0.05) is 0 Å². The summed E-state index contributed by atoms with van der Waals surface area (Å²) in [5, 5.41) is 4.13. The molecule has 0 bridgehead atoms. The topological polar surface area (TPSA) is 34.1 Å². The molecule has 0 N–H and O–H groups in total. The summed E-state index contributed by atoms with van der Waals surface area (Å²) in [6, 6.07) is 7.97. The van der Waals surface area contributed by atoms with Crippen LogP contribution in [0.1, 0.15) is 19.3 Å². The number of hydrogen-bond donors (Lipinski definition) is 0. The molecular formula is C18H6O2S6. The zero-order valence-corrected chi connectivity index (χ0v) is 17.6. The Hall–Kier alpha value is -1.42. The summed E-state index contributed by atoms with van der Waals surface area (Å²) in [6.07, 6.45) is 0. The quantitative estimate of drug-likeness (QED) is 0.206. The lowest BCUT2D eigenvalue weighted by Gasteiger charge is -1.93. The number of carbonyl (C=O) groups excluding carboxylic acids is 2. The van der Waals surface area contributed by atoms with Crippen molar-refractivity contribution in [1.29, 1.82) is 0 Å². The molecular weight excluding hydrogens is 441 g/mol. The molecule has 0 amide bonds. The molecule has 0 radical (unpaired) electrons. The smallest absolute Gasteiger partial charge is 0.244 e. The number of carbonyl (C=O) groups is 2. The maximum absolute atomic E-state index is 12.8. The van der Waals surface area contributed by atoms with Crippen LogP contribution in [0.15, 0.2) is 35.0 Å². The van der Waals surface area contributed by atoms with Crippen molar-refractivity contribution in [2.75, 3.05) is 0 Å². The lowest BCUT2D eigenvalue weighted by Crippen LogP contribution is -2.11. The molecule has 6 aromatic rings. The average molecular weight is 447 g/mol. The minimum Gasteiger partial charge on any atom is -0.284 e. The van der Waals surface area contributed by atoms with E-state index in [1.54, 1.807) is 45.3 Å². The SMILES string of the molecule is O=C(C(=O)c1cc2sc3ccsc3c2s1)c1cc2sc3ccsc3c2s1. The predicted molar refractivity (Wildman–Crippen MR) is 119 cm³/mol. The molecule has 0 saturated heterocycles. The van der Waals surface area contributed by atoms with E-state index in [4.69, 9.17) is 0 Å². The maximum atomic E-state index is 12.8. The van der Waals surface area contributed by atoms with Gasteiger partial charge in [-0.15, -0.1) is 68.0 Å². The summed E-state index contributed by atoms with van der Waals surface area (Å²) in [4.78, 5) is 26.7. The minimum atomic E-state index is -0.389. The number of hydrogen-bond acceptors (Lipinski definition) is 8. The summed E-state index contributed by atoms with van der Waals surface area (Å²) in [5.41, 5.74) is 0. The Morgan fingerprint density at radius 3 is 1.50 bits per heavy atom. The van der Waals surface area contributed by atoms with Crippen LogP contribution in [0.4, 0.5) is 0 Å². The fourth-order valence-electron chi connectivity index (χ4n) is 2.99. The van der Waals surface area contributed by atoms with E-state index >= 15 is 0 Å². The number of Topliss-reactive ketones (excluding diaryl/α,β-unsaturated/α-hetero) is 2. The lowest BCUT2D eigenvalue weighted by atomic mass is 10.2. The van der Waals surface area contributed by atoms with Gasteiger partial charge in [0.15, 0.2) is 0 Å². The average Bonchev–Trinajstić information content (AvgIpc) is 3.38. The molecule has 8 heteroatoms. The van der Waals surface area contributed by atoms with Gasteiger partial charge in [0.05, 0.1) is 28.6 Å². The van der Waals surface area contributed by atoms with Crippen LogP contribution < -0.4 is 0 Å². The van der Waals surface area contributed by atoms with Gasteiger partial charge >= 0.3 is 0 Å². The van der Waals surface area contributed by atoms with Gasteiger partial charge in [0.1, 0.15) is 0 Å². The maximum Gasteiger partial charge on any atom is 0.244 e. The number of thiophene rings is 6. The van der Waals surface area contributed by atoms with Crippen molar-refractivity contribution in [3.8, 4) is 0 Å². The van der Waals surface area contributed by atoms with Gasteiger partial charge in [-0.25, -0.2) is 0 Å². The highest BCUT2D eigenvalue weighted by Crippen LogP contribution is 2.44. The second-order valence-corrected chi connectivity index (χ2v) is 11.8. The van der Waals surface area contributed by atoms with Gasteiger partial charge < -0.3 is 0 Å². The van der Waals surface area contributed by atoms with Gasteiger partial charge in [-0.3, -0.25) is 9.59 Å². The first kappa shape index (κ1) is 15.6. The van der Waals surface area contributed by atoms with Crippen LogP contribution in [0.3, 0.4) is 0 Å². The van der Waals surface area contributed by atoms with E-state index in [9.17, 15) is 9.59 Å². The number of fused-ring (bicyclic) bond motifs is 6. The third-order valence-electron chi connectivity index (χ3n) is 4.16. The molecule has 0 aliphatic rings. The first-order chi connectivity index (χ1) is 12.7. The Morgan fingerprint density at radius 2 is 1.04 bits per heavy atom. The van der Waals surface area contributed by atoms with Crippen LogP contribution in [-0.4, -0.2) is 11.6 Å². The fourth-order valence-corrected chi connectivity index (χ4v) is 10.4. The fraction of sp³-hybridized carbons (Fsp3) is 0. The Morgan fingerprint density at radius 1 is 0.577 bits per heavy atom. The first-order valence-electron chi connectivity index (χ1n) is 7.57. The standard InChI is InChI=1S/C18H6O2S6/c19-13(9-5-11-17(25-9)15-7(23-11)1-3-21-15)14(20)10-6-12-18(26-10)16-8(24-12)2-4-22-16/h1-6H. The highest BCUT2D eigenvalue weighted by molar-refractivity contribution is 7.39. The molecule has 0 saturated carbocycles. The van der Waals surface area contributed by atoms with E-state index in [0.29, 0.717) is 9.75 Å². The van der Waals surface area contributed by atoms with Gasteiger partial charge in [-0.05, 0) is 35.0 Å². The monoisotopic (exact) mass is 446 g/mol. The summed E-state index contributed by atoms with van der Waals surface area (Å²) in [5.74, 6) is -0.779. The van der Waals surface area contributed by atoms with Gasteiger partial charge in [0.25, 0.3) is 0 Å². The van der Waals surface area contributed by atoms with Crippen molar-refractivity contribution >= 4 is 117 Å². The van der Waals surface area contributed by atoms with E-state index in [-0.39, 0.29) is 11.6 Å². The van der Waals surface area contributed by atoms with Gasteiger partial charge in [0.2, 0.25) is 11.6 Å². The number of ketones is 2. The minimum absolute atomic E-state index is 0.389. The van der Waals surface area contributed by atoms with Crippen LogP contribution in [0.5, 0.6) is 0 Å². The van der Waals surface area contributed by atoms with Crippen molar-refractivity contribution < 1.29 is 9.59 Å². The van der Waals surface area contributed by atoms with E-state index in [1.165, 1.54) is 41.5 Å². The third kappa shape index (κ3) is 2.11. The molecule has 0 aliphatic carbocycles. The van der Waals surface area contributed by atoms with E-state index in [0.717, 1.165) is 18.8 Å². The molecule has 0 spiro atoms. The van der Waals surface area contributed by atoms with E-state index in [1.807, 2.05) is 12.1 Å². The molecule has 0 aromatic carbocycles. The Labute approximate surface area is 170 Å². The highest BCUT2D eigenvalue weighted by atomic mass is 32.1. The summed E-state index contributed by atoms with van der Waals surface area (Å²) in [6.45, 7) is 0. The van der Waals surface area contributed by atoms with Gasteiger partial charge in [-0.2, -0.15) is 0 Å². The summed E-state index contributed by atoms with van der Waals surface area (Å²) < 4.78 is 9.39. The summed E-state index contributed by atoms with van der Waals surface area (Å²) in [7, 11) is 0. The van der Waals surface area contributed by atoms with Crippen LogP contribution in [0.2, 0.25) is 0 Å². The predicted octanol–water partition coefficient (Wildman–Crippen LogP) is 7.73. The number of rotatable bonds is 3.